The van der Waals surface area contributed by atoms with Crippen molar-refractivity contribution in [2.45, 2.75) is 75.1 Å². The quantitative estimate of drug-likeness (QED) is 0.142. The van der Waals surface area contributed by atoms with Crippen LogP contribution < -0.4 is 5.32 Å². The highest BCUT2D eigenvalue weighted by atomic mass is 32.2. The van der Waals surface area contributed by atoms with Crippen molar-refractivity contribution in [1.82, 2.24) is 4.31 Å². The maximum Gasteiger partial charge on any atom is 0.335 e. The van der Waals surface area contributed by atoms with Gasteiger partial charge in [0.05, 0.1) is 16.0 Å². The van der Waals surface area contributed by atoms with Crippen LogP contribution in [0.1, 0.15) is 89.6 Å². The summed E-state index contributed by atoms with van der Waals surface area (Å²) in [6.07, 6.45) is 6.34. The van der Waals surface area contributed by atoms with E-state index in [4.69, 9.17) is 5.11 Å². The molecule has 1 saturated heterocycles. The van der Waals surface area contributed by atoms with Gasteiger partial charge >= 0.3 is 11.9 Å². The third kappa shape index (κ3) is 7.72. The molecule has 2 aliphatic rings. The number of rotatable bonds is 12. The molecule has 1 atom stereocenters. The van der Waals surface area contributed by atoms with Gasteiger partial charge in [-0.15, -0.1) is 11.3 Å². The van der Waals surface area contributed by atoms with Crippen molar-refractivity contribution in [1.29, 1.82) is 0 Å². The van der Waals surface area contributed by atoms with E-state index in [0.29, 0.717) is 29.0 Å². The summed E-state index contributed by atoms with van der Waals surface area (Å²) < 4.78 is 28.1. The topological polar surface area (TPSA) is 158 Å². The monoisotopic (exact) mass is 714 g/mol. The van der Waals surface area contributed by atoms with Gasteiger partial charge in [-0.05, 0) is 111 Å². The molecule has 12 heteroatoms. The van der Waals surface area contributed by atoms with E-state index in [1.54, 1.807) is 18.2 Å². The summed E-state index contributed by atoms with van der Waals surface area (Å²) in [5.74, 6) is -2.77. The maximum absolute atomic E-state index is 13.8. The number of aliphatic carboxylic acids is 1. The highest BCUT2D eigenvalue weighted by Crippen LogP contribution is 2.36. The molecule has 0 bridgehead atoms. The summed E-state index contributed by atoms with van der Waals surface area (Å²) in [6.45, 7) is 0.101. The van der Waals surface area contributed by atoms with Gasteiger partial charge in [0, 0.05) is 34.0 Å². The molecule has 10 nitrogen and oxygen atoms in total. The van der Waals surface area contributed by atoms with Gasteiger partial charge < -0.3 is 15.5 Å². The lowest BCUT2D eigenvalue weighted by molar-refractivity contribution is -0.142. The zero-order valence-electron chi connectivity index (χ0n) is 27.4. The number of ketones is 1. The minimum Gasteiger partial charge on any atom is -0.480 e. The number of thiophene rings is 1. The van der Waals surface area contributed by atoms with Crippen molar-refractivity contribution < 1.29 is 37.8 Å². The molecule has 50 heavy (non-hydrogen) atoms. The van der Waals surface area contributed by atoms with Crippen molar-refractivity contribution in [3.05, 3.63) is 116 Å². The van der Waals surface area contributed by atoms with Crippen molar-refractivity contribution in [3.8, 4) is 0 Å². The number of aryl methyl sites for hydroxylation is 3. The van der Waals surface area contributed by atoms with Gasteiger partial charge in [0.15, 0.2) is 5.78 Å². The molecule has 1 fully saturated rings. The van der Waals surface area contributed by atoms with Crippen molar-refractivity contribution in [2.24, 2.45) is 0 Å². The Bertz CT molecular complexity index is 2040. The molecule has 260 valence electrons. The number of carboxylic acid groups (broad SMARTS) is 2. The second kappa shape index (κ2) is 15.1. The molecule has 2 heterocycles. The van der Waals surface area contributed by atoms with E-state index in [9.17, 15) is 32.7 Å². The summed E-state index contributed by atoms with van der Waals surface area (Å²) in [5, 5.41) is 21.8. The van der Waals surface area contributed by atoms with Crippen LogP contribution >= 0.6 is 11.3 Å². The predicted molar refractivity (Wildman–Crippen MR) is 190 cm³/mol. The molecule has 1 aliphatic heterocycles. The second-order valence-electron chi connectivity index (χ2n) is 12.8. The lowest BCUT2D eigenvalue weighted by Crippen LogP contribution is -2.47. The molecule has 0 saturated carbocycles. The van der Waals surface area contributed by atoms with E-state index >= 15 is 0 Å². The summed E-state index contributed by atoms with van der Waals surface area (Å²) in [5.41, 5.74) is 4.61. The minimum absolute atomic E-state index is 0.0717. The highest BCUT2D eigenvalue weighted by Gasteiger charge is 2.38. The number of anilines is 1. The average molecular weight is 715 g/mol. The number of piperidine rings is 1. The molecular weight excluding hydrogens is 677 g/mol. The molecule has 1 aromatic heterocycles. The molecule has 0 spiro atoms. The lowest BCUT2D eigenvalue weighted by Gasteiger charge is -2.31. The van der Waals surface area contributed by atoms with Gasteiger partial charge in [0.1, 0.15) is 6.04 Å². The van der Waals surface area contributed by atoms with E-state index in [-0.39, 0.29) is 47.1 Å². The largest absolute Gasteiger partial charge is 0.480 e. The number of benzene rings is 3. The number of carbonyl (C=O) groups is 4. The number of aromatic carboxylic acids is 1. The molecule has 1 unspecified atom stereocenters. The zero-order valence-corrected chi connectivity index (χ0v) is 29.0. The summed E-state index contributed by atoms with van der Waals surface area (Å²) in [4.78, 5) is 52.0. The normalized spacial score (nSPS) is 16.4. The zero-order chi connectivity index (χ0) is 35.4. The van der Waals surface area contributed by atoms with Crippen molar-refractivity contribution >= 4 is 50.7 Å². The number of sulfonamides is 1. The van der Waals surface area contributed by atoms with E-state index < -0.39 is 28.0 Å². The number of amides is 1. The number of carboxylic acids is 2. The molecule has 6 rings (SSSR count). The molecule has 4 aromatic rings. The maximum atomic E-state index is 13.8. The Kier molecular flexibility index (Phi) is 10.6. The van der Waals surface area contributed by atoms with Gasteiger partial charge in [-0.25, -0.2) is 13.2 Å². The van der Waals surface area contributed by atoms with Crippen LogP contribution in [0.5, 0.6) is 0 Å². The minimum atomic E-state index is -4.15. The number of nitrogens with one attached hydrogen (secondary N) is 1. The van der Waals surface area contributed by atoms with Crippen molar-refractivity contribution in [2.75, 3.05) is 11.9 Å². The second-order valence-corrected chi connectivity index (χ2v) is 15.8. The lowest BCUT2D eigenvalue weighted by atomic mass is 9.93. The Labute approximate surface area is 294 Å². The number of carbonyl (C=O) groups excluding carboxylic acids is 2. The van der Waals surface area contributed by atoms with Crippen LogP contribution in [-0.4, -0.2) is 59.2 Å². The van der Waals surface area contributed by atoms with Crippen LogP contribution in [-0.2, 0) is 46.9 Å². The third-order valence-electron chi connectivity index (χ3n) is 9.41. The van der Waals surface area contributed by atoms with Crippen LogP contribution in [0.2, 0.25) is 0 Å². The standard InChI is InChI=1S/C38H38N2O8S2/c41-32(27-6-5-7-29(22-27)50(47,48)40-21-4-3-9-31(40)38(45)46)23-34-35(30-8-1-2-10-33(30)49-34)36(42)39-28-19-15-25(16-20-28)12-11-24-13-17-26(18-14-24)37(43)44/h5-7,13-20,22,31H,1-4,8-12,21,23H2,(H,39,42)(H,43,44)(H,45,46). The van der Waals surface area contributed by atoms with Crippen LogP contribution in [0.3, 0.4) is 0 Å². The predicted octanol–water partition coefficient (Wildman–Crippen LogP) is 6.42. The van der Waals surface area contributed by atoms with Crippen molar-refractivity contribution in [3.63, 3.8) is 0 Å². The fourth-order valence-electron chi connectivity index (χ4n) is 6.71. The molecular formula is C38H38N2O8S2. The van der Waals surface area contributed by atoms with Gasteiger partial charge in [-0.3, -0.25) is 14.4 Å². The highest BCUT2D eigenvalue weighted by molar-refractivity contribution is 7.89. The van der Waals surface area contributed by atoms with Crippen LogP contribution in [0.25, 0.3) is 0 Å². The Hall–Kier alpha value is -4.65. The SMILES string of the molecule is O=C(O)c1ccc(CCc2ccc(NC(=O)c3c(CC(=O)c4cccc(S(=O)(=O)N5CCCCC5C(=O)O)c4)sc4c3CCCC4)cc2)cc1. The summed E-state index contributed by atoms with van der Waals surface area (Å²) >= 11 is 1.46. The number of hydrogen-bond donors (Lipinski definition) is 3. The first-order valence-corrected chi connectivity index (χ1v) is 19.0. The molecule has 3 N–H and O–H groups in total. The third-order valence-corrected chi connectivity index (χ3v) is 12.6. The van der Waals surface area contributed by atoms with E-state index in [2.05, 4.69) is 5.32 Å². The first-order chi connectivity index (χ1) is 24.0. The van der Waals surface area contributed by atoms with Gasteiger partial charge in [0.25, 0.3) is 5.91 Å². The van der Waals surface area contributed by atoms with Crippen LogP contribution in [0, 0.1) is 0 Å². The summed E-state index contributed by atoms with van der Waals surface area (Å²) in [6, 6.07) is 19.0. The molecule has 3 aromatic carbocycles. The average Bonchev–Trinajstić information content (AvgIpc) is 3.49. The van der Waals surface area contributed by atoms with E-state index in [1.165, 1.54) is 29.5 Å². The number of nitrogens with zero attached hydrogens (tertiary/aromatic N) is 1. The van der Waals surface area contributed by atoms with Gasteiger partial charge in [-0.1, -0.05) is 36.4 Å². The first kappa shape index (κ1) is 35.2. The first-order valence-electron chi connectivity index (χ1n) is 16.7. The van der Waals surface area contributed by atoms with E-state index in [0.717, 1.165) is 64.4 Å². The fraction of sp³-hybridized carbons (Fsp3) is 0.316. The Balaban J connectivity index is 1.17. The molecule has 0 radical (unpaired) electrons. The number of Topliss-reactive ketones (excluding diaryl/α,β-unsaturated/α-hetero) is 1. The van der Waals surface area contributed by atoms with E-state index in [1.807, 2.05) is 36.4 Å². The Morgan fingerprint density at radius 3 is 2.18 bits per heavy atom. The van der Waals surface area contributed by atoms with Crippen LogP contribution in [0.4, 0.5) is 5.69 Å². The number of hydrogen-bond acceptors (Lipinski definition) is 7. The molecule has 1 aliphatic carbocycles. The summed E-state index contributed by atoms with van der Waals surface area (Å²) in [7, 11) is -4.15. The smallest absolute Gasteiger partial charge is 0.335 e. The van der Waals surface area contributed by atoms with Crippen LogP contribution in [0.15, 0.2) is 77.7 Å². The van der Waals surface area contributed by atoms with Gasteiger partial charge in [-0.2, -0.15) is 4.31 Å². The molecule has 1 amide bonds. The Morgan fingerprint density at radius 2 is 1.50 bits per heavy atom. The Morgan fingerprint density at radius 1 is 0.820 bits per heavy atom. The number of fused-ring (bicyclic) bond motifs is 1. The fourth-order valence-corrected chi connectivity index (χ4v) is 9.80. The van der Waals surface area contributed by atoms with Gasteiger partial charge in [0.2, 0.25) is 10.0 Å².